The minimum absolute atomic E-state index is 0.0414. The van der Waals surface area contributed by atoms with Crippen molar-refractivity contribution in [2.45, 2.75) is 12.5 Å². The van der Waals surface area contributed by atoms with Crippen LogP contribution in [0.3, 0.4) is 0 Å². The SMILES string of the molecule is COCCN1C(=O)CC(C(=O)O)C1c1ccc(Br)cc1. The Balaban J connectivity index is 2.32. The van der Waals surface area contributed by atoms with Crippen molar-refractivity contribution in [3.05, 3.63) is 34.3 Å². The van der Waals surface area contributed by atoms with Gasteiger partial charge in [0.05, 0.1) is 18.6 Å². The van der Waals surface area contributed by atoms with Gasteiger partial charge in [0, 0.05) is 24.5 Å². The highest BCUT2D eigenvalue weighted by Crippen LogP contribution is 2.38. The molecule has 0 saturated carbocycles. The largest absolute Gasteiger partial charge is 0.481 e. The predicted molar refractivity (Wildman–Crippen MR) is 76.2 cm³/mol. The van der Waals surface area contributed by atoms with Crippen molar-refractivity contribution in [3.8, 4) is 0 Å². The molecule has 1 saturated heterocycles. The molecule has 2 atom stereocenters. The van der Waals surface area contributed by atoms with Crippen molar-refractivity contribution in [2.75, 3.05) is 20.3 Å². The predicted octanol–water partition coefficient (Wildman–Crippen LogP) is 2.07. The fourth-order valence-corrected chi connectivity index (χ4v) is 2.80. The maximum Gasteiger partial charge on any atom is 0.309 e. The first-order chi connectivity index (χ1) is 9.54. The molecule has 0 bridgehead atoms. The lowest BCUT2D eigenvalue weighted by Gasteiger charge is -2.27. The highest BCUT2D eigenvalue weighted by atomic mass is 79.9. The van der Waals surface area contributed by atoms with E-state index in [1.54, 1.807) is 12.0 Å². The van der Waals surface area contributed by atoms with Gasteiger partial charge in [-0.05, 0) is 17.7 Å². The number of carboxylic acid groups (broad SMARTS) is 1. The standard InChI is InChI=1S/C14H16BrNO4/c1-20-7-6-16-12(17)8-11(14(18)19)13(16)9-2-4-10(15)5-3-9/h2-5,11,13H,6-8H2,1H3,(H,18,19). The van der Waals surface area contributed by atoms with E-state index >= 15 is 0 Å². The number of likely N-dealkylation sites (tertiary alicyclic amines) is 1. The molecule has 1 aliphatic rings. The molecule has 20 heavy (non-hydrogen) atoms. The lowest BCUT2D eigenvalue weighted by molar-refractivity contribution is -0.142. The van der Waals surface area contributed by atoms with Gasteiger partial charge in [-0.1, -0.05) is 28.1 Å². The Morgan fingerprint density at radius 2 is 2.10 bits per heavy atom. The third kappa shape index (κ3) is 3.02. The van der Waals surface area contributed by atoms with Crippen LogP contribution in [-0.2, 0) is 14.3 Å². The topological polar surface area (TPSA) is 66.8 Å². The number of methoxy groups -OCH3 is 1. The zero-order valence-corrected chi connectivity index (χ0v) is 12.7. The molecule has 0 aromatic heterocycles. The lowest BCUT2D eigenvalue weighted by Crippen LogP contribution is -2.33. The summed E-state index contributed by atoms with van der Waals surface area (Å²) in [7, 11) is 1.56. The monoisotopic (exact) mass is 341 g/mol. The molecule has 1 amide bonds. The maximum absolute atomic E-state index is 12.0. The number of nitrogens with zero attached hydrogens (tertiary/aromatic N) is 1. The van der Waals surface area contributed by atoms with Crippen LogP contribution in [-0.4, -0.2) is 42.1 Å². The molecule has 0 spiro atoms. The zero-order valence-electron chi connectivity index (χ0n) is 11.1. The number of benzene rings is 1. The van der Waals surface area contributed by atoms with Gasteiger partial charge in [-0.25, -0.2) is 0 Å². The van der Waals surface area contributed by atoms with Crippen LogP contribution < -0.4 is 0 Å². The molecule has 1 aliphatic heterocycles. The van der Waals surface area contributed by atoms with Crippen molar-refractivity contribution in [3.63, 3.8) is 0 Å². The normalized spacial score (nSPS) is 22.3. The van der Waals surface area contributed by atoms with E-state index < -0.39 is 17.9 Å². The highest BCUT2D eigenvalue weighted by Gasteiger charge is 2.44. The Labute approximate surface area is 125 Å². The Morgan fingerprint density at radius 1 is 1.45 bits per heavy atom. The number of carbonyl (C=O) groups is 2. The number of hydrogen-bond donors (Lipinski definition) is 1. The average molecular weight is 342 g/mol. The molecule has 0 radical (unpaired) electrons. The Bertz CT molecular complexity index is 502. The summed E-state index contributed by atoms with van der Waals surface area (Å²) in [6, 6.07) is 6.98. The molecule has 2 rings (SSSR count). The summed E-state index contributed by atoms with van der Waals surface area (Å²) in [6.45, 7) is 0.797. The Hall–Kier alpha value is -1.40. The van der Waals surface area contributed by atoms with Crippen molar-refractivity contribution < 1.29 is 19.4 Å². The average Bonchev–Trinajstić information content (AvgIpc) is 2.74. The van der Waals surface area contributed by atoms with Crippen LogP contribution in [0.25, 0.3) is 0 Å². The van der Waals surface area contributed by atoms with Crippen LogP contribution in [0.1, 0.15) is 18.0 Å². The number of rotatable bonds is 5. The quantitative estimate of drug-likeness (QED) is 0.890. The molecular formula is C14H16BrNO4. The van der Waals surface area contributed by atoms with Crippen LogP contribution in [0.2, 0.25) is 0 Å². The Kier molecular flexibility index (Phi) is 4.77. The molecule has 1 fully saturated rings. The number of carboxylic acids is 1. The smallest absolute Gasteiger partial charge is 0.309 e. The summed E-state index contributed by atoms with van der Waals surface area (Å²) in [5, 5.41) is 9.34. The third-order valence-corrected chi connectivity index (χ3v) is 4.03. The molecule has 0 aliphatic carbocycles. The second-order valence-electron chi connectivity index (χ2n) is 4.73. The molecule has 1 aromatic rings. The van der Waals surface area contributed by atoms with Crippen molar-refractivity contribution in [1.29, 1.82) is 0 Å². The number of hydrogen-bond acceptors (Lipinski definition) is 3. The van der Waals surface area contributed by atoms with Crippen molar-refractivity contribution in [1.82, 2.24) is 4.90 Å². The minimum atomic E-state index is -0.939. The van der Waals surface area contributed by atoms with Gasteiger partial charge in [-0.3, -0.25) is 9.59 Å². The third-order valence-electron chi connectivity index (χ3n) is 3.50. The van der Waals surface area contributed by atoms with Crippen LogP contribution in [0.5, 0.6) is 0 Å². The van der Waals surface area contributed by atoms with Gasteiger partial charge in [0.1, 0.15) is 0 Å². The summed E-state index contributed by atoms with van der Waals surface area (Å²) in [4.78, 5) is 25.0. The van der Waals surface area contributed by atoms with Gasteiger partial charge in [0.25, 0.3) is 0 Å². The summed E-state index contributed by atoms with van der Waals surface area (Å²) < 4.78 is 5.92. The van der Waals surface area contributed by atoms with E-state index in [0.29, 0.717) is 13.2 Å². The van der Waals surface area contributed by atoms with E-state index in [2.05, 4.69) is 15.9 Å². The van der Waals surface area contributed by atoms with Crippen molar-refractivity contribution in [2.24, 2.45) is 5.92 Å². The zero-order chi connectivity index (χ0) is 14.7. The van der Waals surface area contributed by atoms with Crippen LogP contribution in [0.4, 0.5) is 0 Å². The van der Waals surface area contributed by atoms with E-state index in [0.717, 1.165) is 10.0 Å². The van der Waals surface area contributed by atoms with Crippen LogP contribution in [0.15, 0.2) is 28.7 Å². The Morgan fingerprint density at radius 3 is 2.65 bits per heavy atom. The summed E-state index contributed by atoms with van der Waals surface area (Å²) >= 11 is 3.35. The molecule has 108 valence electrons. The van der Waals surface area contributed by atoms with Crippen LogP contribution >= 0.6 is 15.9 Å². The molecule has 1 heterocycles. The van der Waals surface area contributed by atoms with Gasteiger partial charge in [-0.2, -0.15) is 0 Å². The van der Waals surface area contributed by atoms with E-state index in [1.807, 2.05) is 24.3 Å². The number of carbonyl (C=O) groups excluding carboxylic acids is 1. The highest BCUT2D eigenvalue weighted by molar-refractivity contribution is 9.10. The van der Waals surface area contributed by atoms with Gasteiger partial charge in [0.2, 0.25) is 5.91 Å². The van der Waals surface area contributed by atoms with E-state index in [9.17, 15) is 14.7 Å². The maximum atomic E-state index is 12.0. The molecule has 2 unspecified atom stereocenters. The summed E-state index contributed by atoms with van der Waals surface area (Å²) in [5.74, 6) is -1.78. The first-order valence-corrected chi connectivity index (χ1v) is 7.10. The number of halogens is 1. The van der Waals surface area contributed by atoms with E-state index in [-0.39, 0.29) is 12.3 Å². The van der Waals surface area contributed by atoms with Gasteiger partial charge in [0.15, 0.2) is 0 Å². The van der Waals surface area contributed by atoms with Crippen molar-refractivity contribution >= 4 is 27.8 Å². The number of ether oxygens (including phenoxy) is 1. The molecule has 1 aromatic carbocycles. The fourth-order valence-electron chi connectivity index (χ4n) is 2.54. The first-order valence-electron chi connectivity index (χ1n) is 6.31. The van der Waals surface area contributed by atoms with E-state index in [1.165, 1.54) is 0 Å². The summed E-state index contributed by atoms with van der Waals surface area (Å²) in [5.41, 5.74) is 0.836. The second-order valence-corrected chi connectivity index (χ2v) is 5.64. The molecule has 1 N–H and O–H groups in total. The number of amides is 1. The van der Waals surface area contributed by atoms with Gasteiger partial charge < -0.3 is 14.7 Å². The number of aliphatic carboxylic acids is 1. The minimum Gasteiger partial charge on any atom is -0.481 e. The van der Waals surface area contributed by atoms with Crippen LogP contribution in [0, 0.1) is 5.92 Å². The first kappa shape index (κ1) is 15.0. The van der Waals surface area contributed by atoms with Gasteiger partial charge in [-0.15, -0.1) is 0 Å². The molecule has 5 nitrogen and oxygen atoms in total. The molecule has 6 heteroatoms. The molecular weight excluding hydrogens is 326 g/mol. The second kappa shape index (κ2) is 6.37. The summed E-state index contributed by atoms with van der Waals surface area (Å²) in [6.07, 6.45) is 0.0414. The fraction of sp³-hybridized carbons (Fsp3) is 0.429. The van der Waals surface area contributed by atoms with E-state index in [4.69, 9.17) is 4.74 Å². The lowest BCUT2D eigenvalue weighted by atomic mass is 9.94. The van der Waals surface area contributed by atoms with Gasteiger partial charge >= 0.3 is 5.97 Å².